The Kier molecular flexibility index (Phi) is 2.90. The lowest BCUT2D eigenvalue weighted by Gasteiger charge is -2.46. The molecule has 0 amide bonds. The Morgan fingerprint density at radius 1 is 1.16 bits per heavy atom. The molecule has 2 fully saturated rings. The SMILES string of the molecule is c1ccc2sc(N3CC(N4CCOCC4)C3)nc2c1. The highest BCUT2D eigenvalue weighted by atomic mass is 32.1. The van der Waals surface area contributed by atoms with Gasteiger partial charge in [-0.25, -0.2) is 4.98 Å². The second-order valence-corrected chi connectivity index (χ2v) is 6.18. The number of thiazole rings is 1. The predicted octanol–water partition coefficient (Wildman–Crippen LogP) is 1.82. The maximum atomic E-state index is 5.40. The van der Waals surface area contributed by atoms with E-state index in [0.717, 1.165) is 44.9 Å². The van der Waals surface area contributed by atoms with Gasteiger partial charge in [0.2, 0.25) is 0 Å². The number of para-hydroxylation sites is 1. The van der Waals surface area contributed by atoms with Gasteiger partial charge in [0.15, 0.2) is 5.13 Å². The number of hydrogen-bond donors (Lipinski definition) is 0. The van der Waals surface area contributed by atoms with Crippen LogP contribution in [-0.4, -0.2) is 55.3 Å². The number of morpholine rings is 1. The van der Waals surface area contributed by atoms with Crippen LogP contribution in [0.4, 0.5) is 5.13 Å². The maximum absolute atomic E-state index is 5.40. The molecule has 0 bridgehead atoms. The van der Waals surface area contributed by atoms with E-state index in [9.17, 15) is 0 Å². The minimum absolute atomic E-state index is 0.691. The average molecular weight is 275 g/mol. The zero-order chi connectivity index (χ0) is 12.7. The fourth-order valence-electron chi connectivity index (χ4n) is 2.78. The smallest absolute Gasteiger partial charge is 0.186 e. The minimum atomic E-state index is 0.691. The van der Waals surface area contributed by atoms with Crippen LogP contribution in [0.5, 0.6) is 0 Å². The Morgan fingerprint density at radius 3 is 2.74 bits per heavy atom. The Hall–Kier alpha value is -1.17. The van der Waals surface area contributed by atoms with Crippen molar-refractivity contribution in [3.8, 4) is 0 Å². The van der Waals surface area contributed by atoms with Crippen LogP contribution in [0.1, 0.15) is 0 Å². The van der Waals surface area contributed by atoms with Crippen LogP contribution in [0.25, 0.3) is 10.2 Å². The van der Waals surface area contributed by atoms with Gasteiger partial charge in [0, 0.05) is 32.2 Å². The topological polar surface area (TPSA) is 28.6 Å². The summed E-state index contributed by atoms with van der Waals surface area (Å²) in [6, 6.07) is 9.07. The van der Waals surface area contributed by atoms with Crippen LogP contribution in [0.2, 0.25) is 0 Å². The van der Waals surface area contributed by atoms with Gasteiger partial charge >= 0.3 is 0 Å². The van der Waals surface area contributed by atoms with Gasteiger partial charge in [-0.2, -0.15) is 0 Å². The fraction of sp³-hybridized carbons (Fsp3) is 0.500. The number of nitrogens with zero attached hydrogens (tertiary/aromatic N) is 3. The molecule has 3 heterocycles. The largest absolute Gasteiger partial charge is 0.379 e. The van der Waals surface area contributed by atoms with Gasteiger partial charge in [-0.1, -0.05) is 23.5 Å². The summed E-state index contributed by atoms with van der Waals surface area (Å²) in [7, 11) is 0. The molecular formula is C14H17N3OS. The van der Waals surface area contributed by atoms with Crippen LogP contribution >= 0.6 is 11.3 Å². The third-order valence-electron chi connectivity index (χ3n) is 3.98. The third kappa shape index (κ3) is 2.12. The zero-order valence-electron chi connectivity index (χ0n) is 10.8. The molecule has 4 nitrogen and oxygen atoms in total. The molecule has 5 heteroatoms. The monoisotopic (exact) mass is 275 g/mol. The van der Waals surface area contributed by atoms with E-state index in [0.29, 0.717) is 6.04 Å². The van der Waals surface area contributed by atoms with Crippen molar-refractivity contribution >= 4 is 26.7 Å². The van der Waals surface area contributed by atoms with E-state index in [1.165, 1.54) is 9.83 Å². The van der Waals surface area contributed by atoms with Crippen LogP contribution in [0, 0.1) is 0 Å². The summed E-state index contributed by atoms with van der Waals surface area (Å²) in [5.74, 6) is 0. The van der Waals surface area contributed by atoms with Gasteiger partial charge in [-0.05, 0) is 12.1 Å². The van der Waals surface area contributed by atoms with Gasteiger partial charge in [-0.15, -0.1) is 0 Å². The van der Waals surface area contributed by atoms with E-state index >= 15 is 0 Å². The number of hydrogen-bond acceptors (Lipinski definition) is 5. The standard InChI is InChI=1S/C14H17N3OS/c1-2-4-13-12(3-1)15-14(19-13)17-9-11(10-17)16-5-7-18-8-6-16/h1-4,11H,5-10H2. The van der Waals surface area contributed by atoms with Gasteiger partial charge in [0.25, 0.3) is 0 Å². The maximum Gasteiger partial charge on any atom is 0.186 e. The third-order valence-corrected chi connectivity index (χ3v) is 5.07. The number of rotatable bonds is 2. The summed E-state index contributed by atoms with van der Waals surface area (Å²) >= 11 is 1.80. The van der Waals surface area contributed by atoms with Gasteiger partial charge < -0.3 is 9.64 Å². The molecule has 1 aromatic heterocycles. The Labute approximate surface area is 116 Å². The van der Waals surface area contributed by atoms with E-state index < -0.39 is 0 Å². The summed E-state index contributed by atoms with van der Waals surface area (Å²) in [5, 5.41) is 1.17. The molecule has 2 aliphatic rings. The Morgan fingerprint density at radius 2 is 1.95 bits per heavy atom. The molecule has 2 saturated heterocycles. The Balaban J connectivity index is 1.44. The van der Waals surface area contributed by atoms with Crippen molar-refractivity contribution in [1.29, 1.82) is 0 Å². The van der Waals surface area contributed by atoms with Crippen molar-refractivity contribution < 1.29 is 4.74 Å². The predicted molar refractivity (Wildman–Crippen MR) is 78.0 cm³/mol. The molecule has 100 valence electrons. The molecule has 2 aromatic rings. The first-order chi connectivity index (χ1) is 9.40. The first-order valence-electron chi connectivity index (χ1n) is 6.82. The summed E-state index contributed by atoms with van der Waals surface area (Å²) in [5.41, 5.74) is 1.12. The molecule has 0 aliphatic carbocycles. The average Bonchev–Trinajstić information content (AvgIpc) is 2.81. The van der Waals surface area contributed by atoms with E-state index in [-0.39, 0.29) is 0 Å². The highest BCUT2D eigenvalue weighted by molar-refractivity contribution is 7.22. The summed E-state index contributed by atoms with van der Waals surface area (Å²) < 4.78 is 6.69. The molecule has 0 radical (unpaired) electrons. The number of aromatic nitrogens is 1. The second kappa shape index (κ2) is 4.74. The van der Waals surface area contributed by atoms with Crippen molar-refractivity contribution in [3.63, 3.8) is 0 Å². The molecule has 0 spiro atoms. The second-order valence-electron chi connectivity index (χ2n) is 5.17. The summed E-state index contributed by atoms with van der Waals surface area (Å²) in [4.78, 5) is 9.66. The molecular weight excluding hydrogens is 258 g/mol. The number of fused-ring (bicyclic) bond motifs is 1. The highest BCUT2D eigenvalue weighted by Crippen LogP contribution is 2.32. The zero-order valence-corrected chi connectivity index (χ0v) is 11.6. The van der Waals surface area contributed by atoms with Crippen LogP contribution in [-0.2, 0) is 4.74 Å². The molecule has 0 saturated carbocycles. The lowest BCUT2D eigenvalue weighted by molar-refractivity contribution is 0.0105. The first-order valence-corrected chi connectivity index (χ1v) is 7.64. The number of ether oxygens (including phenoxy) is 1. The molecule has 1 aromatic carbocycles. The minimum Gasteiger partial charge on any atom is -0.379 e. The summed E-state index contributed by atoms with van der Waals surface area (Å²) in [6.07, 6.45) is 0. The van der Waals surface area contributed by atoms with E-state index in [1.54, 1.807) is 11.3 Å². The normalized spacial score (nSPS) is 21.8. The highest BCUT2D eigenvalue weighted by Gasteiger charge is 2.33. The molecule has 0 N–H and O–H groups in total. The first kappa shape index (κ1) is 11.6. The Bertz CT molecular complexity index is 540. The molecule has 2 aliphatic heterocycles. The molecule has 4 rings (SSSR count). The van der Waals surface area contributed by atoms with E-state index in [4.69, 9.17) is 9.72 Å². The van der Waals surface area contributed by atoms with Crippen molar-refractivity contribution in [1.82, 2.24) is 9.88 Å². The number of anilines is 1. The van der Waals surface area contributed by atoms with Crippen molar-refractivity contribution in [2.75, 3.05) is 44.3 Å². The number of benzene rings is 1. The summed E-state index contributed by atoms with van der Waals surface area (Å²) in [6.45, 7) is 6.16. The quantitative estimate of drug-likeness (QED) is 0.836. The van der Waals surface area contributed by atoms with Crippen LogP contribution < -0.4 is 4.90 Å². The lowest BCUT2D eigenvalue weighted by Crippen LogP contribution is -2.61. The van der Waals surface area contributed by atoms with Crippen molar-refractivity contribution in [2.45, 2.75) is 6.04 Å². The van der Waals surface area contributed by atoms with Crippen LogP contribution in [0.3, 0.4) is 0 Å². The molecule has 19 heavy (non-hydrogen) atoms. The van der Waals surface area contributed by atoms with Crippen LogP contribution in [0.15, 0.2) is 24.3 Å². The lowest BCUT2D eigenvalue weighted by atomic mass is 10.1. The van der Waals surface area contributed by atoms with Crippen molar-refractivity contribution in [2.24, 2.45) is 0 Å². The van der Waals surface area contributed by atoms with E-state index in [1.807, 2.05) is 0 Å². The van der Waals surface area contributed by atoms with Gasteiger partial charge in [0.1, 0.15) is 0 Å². The van der Waals surface area contributed by atoms with E-state index in [2.05, 4.69) is 34.1 Å². The van der Waals surface area contributed by atoms with Gasteiger partial charge in [0.05, 0.1) is 23.4 Å². The van der Waals surface area contributed by atoms with Gasteiger partial charge in [-0.3, -0.25) is 4.90 Å². The fourth-order valence-corrected chi connectivity index (χ4v) is 3.76. The molecule has 0 atom stereocenters. The molecule has 0 unspecified atom stereocenters. The van der Waals surface area contributed by atoms with Crippen molar-refractivity contribution in [3.05, 3.63) is 24.3 Å².